The molecule has 1 N–H and O–H groups in total. The summed E-state index contributed by atoms with van der Waals surface area (Å²) in [6.07, 6.45) is 5.83. The largest absolute Gasteiger partial charge is 0.252 e. The van der Waals surface area contributed by atoms with Gasteiger partial charge in [-0.25, -0.2) is 4.89 Å². The van der Waals surface area contributed by atoms with Crippen molar-refractivity contribution in [3.05, 3.63) is 60.2 Å². The van der Waals surface area contributed by atoms with Gasteiger partial charge in [0.1, 0.15) is 0 Å². The van der Waals surface area contributed by atoms with Gasteiger partial charge in [-0.1, -0.05) is 42.5 Å². The zero-order valence-corrected chi connectivity index (χ0v) is 14.8. The summed E-state index contributed by atoms with van der Waals surface area (Å²) < 4.78 is 0. The highest BCUT2D eigenvalue weighted by Crippen LogP contribution is 2.40. The van der Waals surface area contributed by atoms with Gasteiger partial charge in [-0.15, -0.1) is 0 Å². The molecule has 0 unspecified atom stereocenters. The van der Waals surface area contributed by atoms with E-state index < -0.39 is 0 Å². The first kappa shape index (κ1) is 15.9. The molecule has 4 aromatic rings. The Morgan fingerprint density at radius 3 is 2.50 bits per heavy atom. The van der Waals surface area contributed by atoms with E-state index in [2.05, 4.69) is 59.5 Å². The Morgan fingerprint density at radius 1 is 0.885 bits per heavy atom. The maximum atomic E-state index is 8.55. The van der Waals surface area contributed by atoms with Crippen LogP contribution in [0.5, 0.6) is 0 Å². The fraction of sp³-hybridized carbons (Fsp3) is 0.333. The molecule has 2 heteroatoms. The van der Waals surface area contributed by atoms with Crippen LogP contribution in [0.25, 0.3) is 32.3 Å². The SMILES string of the molecule is OOCCC1CCC(c2cc3c#cc4cccc5ccc(c2)c3c45)CC1. The monoisotopic (exact) mass is 342 g/mol. The molecule has 1 aliphatic carbocycles. The third kappa shape index (κ3) is 2.60. The maximum absolute atomic E-state index is 8.55. The summed E-state index contributed by atoms with van der Waals surface area (Å²) >= 11 is 0. The molecule has 130 valence electrons. The Labute approximate surface area is 153 Å². The molecule has 0 radical (unpaired) electrons. The lowest BCUT2D eigenvalue weighted by atomic mass is 9.77. The van der Waals surface area contributed by atoms with Crippen molar-refractivity contribution < 1.29 is 10.1 Å². The van der Waals surface area contributed by atoms with Crippen LogP contribution in [-0.2, 0) is 4.89 Å². The zero-order chi connectivity index (χ0) is 17.5. The summed E-state index contributed by atoms with van der Waals surface area (Å²) in [5.74, 6) is 1.31. The lowest BCUT2D eigenvalue weighted by Crippen LogP contribution is -2.14. The molecule has 2 nitrogen and oxygen atoms in total. The molecule has 0 atom stereocenters. The van der Waals surface area contributed by atoms with Crippen molar-refractivity contribution in [3.8, 4) is 0 Å². The number of hydrogen-bond donors (Lipinski definition) is 1. The second-order valence-corrected chi connectivity index (χ2v) is 7.73. The molecule has 0 aliphatic heterocycles. The molecule has 1 saturated carbocycles. The van der Waals surface area contributed by atoms with Gasteiger partial charge in [0, 0.05) is 21.5 Å². The van der Waals surface area contributed by atoms with Gasteiger partial charge >= 0.3 is 0 Å². The van der Waals surface area contributed by atoms with Gasteiger partial charge in [0.25, 0.3) is 0 Å². The average molecular weight is 342 g/mol. The van der Waals surface area contributed by atoms with Crippen LogP contribution in [0.3, 0.4) is 0 Å². The van der Waals surface area contributed by atoms with Crippen LogP contribution >= 0.6 is 0 Å². The van der Waals surface area contributed by atoms with Crippen molar-refractivity contribution in [2.45, 2.75) is 38.0 Å². The van der Waals surface area contributed by atoms with Crippen LogP contribution in [0.2, 0.25) is 0 Å². The van der Waals surface area contributed by atoms with E-state index in [4.69, 9.17) is 5.26 Å². The summed E-state index contributed by atoms with van der Waals surface area (Å²) in [5, 5.41) is 16.1. The molecule has 0 spiro atoms. The molecule has 5 rings (SSSR count). The highest BCUT2D eigenvalue weighted by molar-refractivity contribution is 6.22. The van der Waals surface area contributed by atoms with E-state index in [-0.39, 0.29) is 0 Å². The standard InChI is InChI=1S/C24H22O2/c25-26-13-12-16-4-6-17(7-5-16)22-14-20-10-8-18-2-1-3-19-9-11-21(15-22)24(20)23(18)19/h1-3,8,10,14-17,25H,4-7,12-13H2. The minimum absolute atomic E-state index is 0.459. The van der Waals surface area contributed by atoms with Gasteiger partial charge in [0.2, 0.25) is 0 Å². The number of rotatable bonds is 4. The lowest BCUT2D eigenvalue weighted by Gasteiger charge is -2.29. The van der Waals surface area contributed by atoms with Crippen molar-refractivity contribution in [1.29, 1.82) is 0 Å². The normalized spacial score (nSPS) is 20.8. The minimum atomic E-state index is 0.459. The van der Waals surface area contributed by atoms with E-state index in [1.807, 2.05) is 0 Å². The van der Waals surface area contributed by atoms with Crippen molar-refractivity contribution in [3.63, 3.8) is 0 Å². The molecule has 1 aliphatic rings. The van der Waals surface area contributed by atoms with Gasteiger partial charge < -0.3 is 0 Å². The molecule has 26 heavy (non-hydrogen) atoms. The molecular weight excluding hydrogens is 320 g/mol. The Kier molecular flexibility index (Phi) is 3.93. The second-order valence-electron chi connectivity index (χ2n) is 7.73. The van der Waals surface area contributed by atoms with Crippen molar-refractivity contribution in [1.82, 2.24) is 0 Å². The van der Waals surface area contributed by atoms with Crippen molar-refractivity contribution >= 4 is 32.3 Å². The Hall–Kier alpha value is -2.34. The van der Waals surface area contributed by atoms with Gasteiger partial charge in [-0.2, -0.15) is 0 Å². The minimum Gasteiger partial charge on any atom is -0.252 e. The second kappa shape index (κ2) is 6.43. The fourth-order valence-corrected chi connectivity index (χ4v) is 4.84. The molecule has 0 aromatic heterocycles. The van der Waals surface area contributed by atoms with Crippen molar-refractivity contribution in [2.75, 3.05) is 6.61 Å². The summed E-state index contributed by atoms with van der Waals surface area (Å²) in [7, 11) is 0. The van der Waals surface area contributed by atoms with E-state index in [0.717, 1.165) is 11.8 Å². The van der Waals surface area contributed by atoms with Gasteiger partial charge in [-0.05, 0) is 72.4 Å². The molecule has 0 bridgehead atoms. The predicted molar refractivity (Wildman–Crippen MR) is 106 cm³/mol. The van der Waals surface area contributed by atoms with Crippen LogP contribution in [0.15, 0.2) is 42.5 Å². The quantitative estimate of drug-likeness (QED) is 0.266. The van der Waals surface area contributed by atoms with Crippen LogP contribution in [0, 0.1) is 18.1 Å². The zero-order valence-electron chi connectivity index (χ0n) is 14.8. The van der Waals surface area contributed by atoms with Gasteiger partial charge in [0.05, 0.1) is 6.61 Å². The third-order valence-corrected chi connectivity index (χ3v) is 6.25. The fourth-order valence-electron chi connectivity index (χ4n) is 4.84. The Morgan fingerprint density at radius 2 is 1.65 bits per heavy atom. The van der Waals surface area contributed by atoms with E-state index in [1.165, 1.54) is 58.2 Å². The van der Waals surface area contributed by atoms with Crippen LogP contribution in [0.4, 0.5) is 0 Å². The lowest BCUT2D eigenvalue weighted by molar-refractivity contribution is -0.244. The third-order valence-electron chi connectivity index (χ3n) is 6.25. The Bertz CT molecular complexity index is 980. The first-order valence-electron chi connectivity index (χ1n) is 9.61. The predicted octanol–water partition coefficient (Wildman–Crippen LogP) is 6.34. The van der Waals surface area contributed by atoms with Crippen LogP contribution < -0.4 is 0 Å². The topological polar surface area (TPSA) is 29.5 Å². The summed E-state index contributed by atoms with van der Waals surface area (Å²) in [6.45, 7) is 0.459. The van der Waals surface area contributed by atoms with E-state index in [0.29, 0.717) is 18.4 Å². The molecule has 0 amide bonds. The first-order valence-corrected chi connectivity index (χ1v) is 9.61. The average Bonchev–Trinajstić information content (AvgIpc) is 2.70. The van der Waals surface area contributed by atoms with Gasteiger partial charge in [0.15, 0.2) is 0 Å². The number of hydrogen-bond acceptors (Lipinski definition) is 2. The van der Waals surface area contributed by atoms with Crippen LogP contribution in [-0.4, -0.2) is 11.9 Å². The van der Waals surface area contributed by atoms with Gasteiger partial charge in [-0.3, -0.25) is 5.26 Å². The summed E-state index contributed by atoms with van der Waals surface area (Å²) in [5.41, 5.74) is 1.44. The highest BCUT2D eigenvalue weighted by atomic mass is 17.1. The van der Waals surface area contributed by atoms with E-state index in [9.17, 15) is 0 Å². The molecule has 4 aromatic carbocycles. The number of benzene rings is 3. The first-order chi connectivity index (χ1) is 12.8. The molecular formula is C24H22O2. The van der Waals surface area contributed by atoms with Crippen LogP contribution in [0.1, 0.15) is 43.6 Å². The Balaban J connectivity index is 1.52. The molecule has 0 heterocycles. The smallest absolute Gasteiger partial charge is 0.0822 e. The molecule has 1 fully saturated rings. The van der Waals surface area contributed by atoms with E-state index >= 15 is 0 Å². The van der Waals surface area contributed by atoms with E-state index in [1.54, 1.807) is 0 Å². The van der Waals surface area contributed by atoms with Crippen molar-refractivity contribution in [2.24, 2.45) is 5.92 Å². The summed E-state index contributed by atoms with van der Waals surface area (Å²) in [4.78, 5) is 4.26. The molecule has 0 saturated heterocycles. The maximum Gasteiger partial charge on any atom is 0.0822 e. The summed E-state index contributed by atoms with van der Waals surface area (Å²) in [6, 6.07) is 22.4. The highest BCUT2D eigenvalue weighted by Gasteiger charge is 2.23.